The van der Waals surface area contributed by atoms with Crippen molar-refractivity contribution in [1.29, 1.82) is 0 Å². The smallest absolute Gasteiger partial charge is 0.0109 e. The number of rotatable bonds is 10. The summed E-state index contributed by atoms with van der Waals surface area (Å²) in [5.41, 5.74) is 18.3. The first-order valence-electron chi connectivity index (χ1n) is 8.56. The number of hydrogen-bond acceptors (Lipinski definition) is 4. The van der Waals surface area contributed by atoms with Crippen molar-refractivity contribution >= 4 is 0 Å². The van der Waals surface area contributed by atoms with Crippen molar-refractivity contribution in [2.45, 2.75) is 79.3 Å². The summed E-state index contributed by atoms with van der Waals surface area (Å²) < 4.78 is 0. The minimum atomic E-state index is -0.147. The van der Waals surface area contributed by atoms with Gasteiger partial charge in [-0.05, 0) is 64.5 Å². The van der Waals surface area contributed by atoms with Crippen LogP contribution in [0, 0.1) is 10.8 Å². The van der Waals surface area contributed by atoms with Gasteiger partial charge in [0.05, 0.1) is 0 Å². The Bertz CT molecular complexity index is 321. The second-order valence-electron chi connectivity index (χ2n) is 10.1. The molecule has 0 saturated carbocycles. The summed E-state index contributed by atoms with van der Waals surface area (Å²) in [5, 5.41) is 0. The van der Waals surface area contributed by atoms with Gasteiger partial charge in [0.1, 0.15) is 0 Å². The van der Waals surface area contributed by atoms with Gasteiger partial charge >= 0.3 is 0 Å². The first kappa shape index (κ1) is 21.8. The SMILES string of the molecule is CC(C)(N)CCN(CC(C)(C)CN)CC(C)(C)CC(C)(C)N. The van der Waals surface area contributed by atoms with E-state index in [9.17, 15) is 0 Å². The zero-order valence-electron chi connectivity index (χ0n) is 16.4. The second-order valence-corrected chi connectivity index (χ2v) is 10.1. The van der Waals surface area contributed by atoms with Crippen LogP contribution >= 0.6 is 0 Å². The topological polar surface area (TPSA) is 81.3 Å². The number of hydrogen-bond donors (Lipinski definition) is 3. The summed E-state index contributed by atoms with van der Waals surface area (Å²) in [6.45, 7) is 21.2. The molecule has 0 rings (SSSR count). The van der Waals surface area contributed by atoms with E-state index < -0.39 is 0 Å². The van der Waals surface area contributed by atoms with Crippen molar-refractivity contribution in [3.63, 3.8) is 0 Å². The van der Waals surface area contributed by atoms with E-state index in [1.165, 1.54) is 0 Å². The molecule has 22 heavy (non-hydrogen) atoms. The normalized spacial score (nSPS) is 14.7. The van der Waals surface area contributed by atoms with E-state index in [1.807, 2.05) is 0 Å². The van der Waals surface area contributed by atoms with Gasteiger partial charge in [-0.25, -0.2) is 0 Å². The minimum Gasteiger partial charge on any atom is -0.330 e. The van der Waals surface area contributed by atoms with Crippen molar-refractivity contribution < 1.29 is 0 Å². The average Bonchev–Trinajstić information content (AvgIpc) is 2.20. The van der Waals surface area contributed by atoms with Crippen LogP contribution in [0.2, 0.25) is 0 Å². The van der Waals surface area contributed by atoms with Gasteiger partial charge in [-0.3, -0.25) is 0 Å². The Balaban J connectivity index is 4.91. The molecule has 0 spiro atoms. The zero-order chi connectivity index (χ0) is 17.8. The maximum atomic E-state index is 6.24. The van der Waals surface area contributed by atoms with E-state index in [4.69, 9.17) is 17.2 Å². The Hall–Kier alpha value is -0.160. The van der Waals surface area contributed by atoms with Gasteiger partial charge in [0.2, 0.25) is 0 Å². The molecule has 0 heterocycles. The molecule has 0 aromatic heterocycles. The Kier molecular flexibility index (Phi) is 7.55. The lowest BCUT2D eigenvalue weighted by Crippen LogP contribution is -2.48. The lowest BCUT2D eigenvalue weighted by atomic mass is 9.79. The van der Waals surface area contributed by atoms with Crippen LogP contribution in [0.4, 0.5) is 0 Å². The maximum absolute atomic E-state index is 6.24. The summed E-state index contributed by atoms with van der Waals surface area (Å²) in [4.78, 5) is 2.52. The van der Waals surface area contributed by atoms with Gasteiger partial charge in [0.15, 0.2) is 0 Å². The molecule has 0 aromatic rings. The molecular formula is C18H42N4. The molecule has 0 saturated heterocycles. The Labute approximate surface area is 139 Å². The van der Waals surface area contributed by atoms with Crippen LogP contribution in [-0.4, -0.2) is 42.2 Å². The first-order chi connectivity index (χ1) is 9.55. The molecule has 0 radical (unpaired) electrons. The van der Waals surface area contributed by atoms with Gasteiger partial charge in [-0.15, -0.1) is 0 Å². The Morgan fingerprint density at radius 2 is 1.18 bits per heavy atom. The molecule has 4 heteroatoms. The average molecular weight is 315 g/mol. The lowest BCUT2D eigenvalue weighted by Gasteiger charge is -2.40. The standard InChI is InChI=1S/C18H42N4/c1-15(2,11-18(7,8)21)13-22(10-9-17(5,6)20)14-16(3,4)12-19/h9-14,19-21H2,1-8H3. The van der Waals surface area contributed by atoms with Crippen molar-refractivity contribution in [3.05, 3.63) is 0 Å². The van der Waals surface area contributed by atoms with Crippen LogP contribution in [0.3, 0.4) is 0 Å². The van der Waals surface area contributed by atoms with Crippen LogP contribution in [0.15, 0.2) is 0 Å². The highest BCUT2D eigenvalue weighted by molar-refractivity contribution is 4.87. The van der Waals surface area contributed by atoms with E-state index in [0.29, 0.717) is 6.54 Å². The monoisotopic (exact) mass is 314 g/mol. The predicted octanol–water partition coefficient (Wildman–Crippen LogP) is 2.55. The third-order valence-corrected chi connectivity index (χ3v) is 3.86. The highest BCUT2D eigenvalue weighted by atomic mass is 15.1. The van der Waals surface area contributed by atoms with Crippen molar-refractivity contribution in [3.8, 4) is 0 Å². The summed E-state index contributed by atoms with van der Waals surface area (Å²) in [6.07, 6.45) is 1.97. The summed E-state index contributed by atoms with van der Waals surface area (Å²) >= 11 is 0. The fourth-order valence-corrected chi connectivity index (χ4v) is 3.22. The molecule has 0 bridgehead atoms. The van der Waals surface area contributed by atoms with Crippen LogP contribution in [0.25, 0.3) is 0 Å². The molecule has 6 N–H and O–H groups in total. The molecule has 134 valence electrons. The summed E-state index contributed by atoms with van der Waals surface area (Å²) in [7, 11) is 0. The molecule has 0 aliphatic heterocycles. The minimum absolute atomic E-state index is 0.118. The van der Waals surface area contributed by atoms with Crippen LogP contribution in [-0.2, 0) is 0 Å². The van der Waals surface area contributed by atoms with Crippen molar-refractivity contribution in [2.24, 2.45) is 28.0 Å². The third kappa shape index (κ3) is 11.4. The van der Waals surface area contributed by atoms with Crippen molar-refractivity contribution in [2.75, 3.05) is 26.2 Å². The molecule has 0 fully saturated rings. The van der Waals surface area contributed by atoms with Crippen molar-refractivity contribution in [1.82, 2.24) is 4.90 Å². The summed E-state index contributed by atoms with van der Waals surface area (Å²) in [6, 6.07) is 0. The van der Waals surface area contributed by atoms with Crippen LogP contribution in [0.1, 0.15) is 68.2 Å². The highest BCUT2D eigenvalue weighted by Gasteiger charge is 2.30. The van der Waals surface area contributed by atoms with E-state index in [2.05, 4.69) is 60.3 Å². The molecule has 0 aromatic carbocycles. The fraction of sp³-hybridized carbons (Fsp3) is 1.00. The van der Waals surface area contributed by atoms with Gasteiger partial charge in [0.25, 0.3) is 0 Å². The number of nitrogens with two attached hydrogens (primary N) is 3. The molecule has 0 aliphatic carbocycles. The zero-order valence-corrected chi connectivity index (χ0v) is 16.4. The molecule has 0 amide bonds. The first-order valence-corrected chi connectivity index (χ1v) is 8.56. The second kappa shape index (κ2) is 7.61. The molecule has 4 nitrogen and oxygen atoms in total. The molecule has 0 atom stereocenters. The van der Waals surface area contributed by atoms with Crippen LogP contribution < -0.4 is 17.2 Å². The molecule has 0 aliphatic rings. The predicted molar refractivity (Wildman–Crippen MR) is 98.8 cm³/mol. The quantitative estimate of drug-likeness (QED) is 0.579. The van der Waals surface area contributed by atoms with Gasteiger partial charge in [-0.1, -0.05) is 27.7 Å². The van der Waals surface area contributed by atoms with E-state index in [0.717, 1.165) is 32.5 Å². The fourth-order valence-electron chi connectivity index (χ4n) is 3.22. The third-order valence-electron chi connectivity index (χ3n) is 3.86. The lowest BCUT2D eigenvalue weighted by molar-refractivity contribution is 0.104. The molecular weight excluding hydrogens is 272 g/mol. The Morgan fingerprint density at radius 3 is 1.55 bits per heavy atom. The summed E-state index contributed by atoms with van der Waals surface area (Å²) in [5.74, 6) is 0. The van der Waals surface area contributed by atoms with Gasteiger partial charge in [0, 0.05) is 24.2 Å². The van der Waals surface area contributed by atoms with Gasteiger partial charge in [-0.2, -0.15) is 0 Å². The number of nitrogens with zero attached hydrogens (tertiary/aromatic N) is 1. The van der Waals surface area contributed by atoms with Gasteiger partial charge < -0.3 is 22.1 Å². The molecule has 0 unspecified atom stereocenters. The van der Waals surface area contributed by atoms with Crippen LogP contribution in [0.5, 0.6) is 0 Å². The highest BCUT2D eigenvalue weighted by Crippen LogP contribution is 2.29. The largest absolute Gasteiger partial charge is 0.330 e. The van der Waals surface area contributed by atoms with E-state index in [-0.39, 0.29) is 21.9 Å². The Morgan fingerprint density at radius 1 is 0.727 bits per heavy atom. The maximum Gasteiger partial charge on any atom is 0.0109 e. The van der Waals surface area contributed by atoms with E-state index in [1.54, 1.807) is 0 Å². The van der Waals surface area contributed by atoms with E-state index >= 15 is 0 Å².